The number of benzene rings is 2. The van der Waals surface area contributed by atoms with E-state index in [4.69, 9.17) is 9.47 Å². The molecule has 0 aliphatic heterocycles. The molecule has 1 N–H and O–H groups in total. The first kappa shape index (κ1) is 23.4. The van der Waals surface area contributed by atoms with Gasteiger partial charge in [-0.25, -0.2) is 4.79 Å². The number of anilines is 1. The first-order valence-corrected chi connectivity index (χ1v) is 12.6. The molecule has 2 aromatic carbocycles. The lowest BCUT2D eigenvalue weighted by Gasteiger charge is -2.39. The van der Waals surface area contributed by atoms with Crippen molar-refractivity contribution in [2.45, 2.75) is 64.1 Å². The molecular weight excluding hydrogens is 436 g/mol. The van der Waals surface area contributed by atoms with Gasteiger partial charge < -0.3 is 9.47 Å². The van der Waals surface area contributed by atoms with Crippen LogP contribution in [0.3, 0.4) is 0 Å². The molecule has 0 saturated heterocycles. The minimum atomic E-state index is -0.523. The van der Waals surface area contributed by atoms with Crippen molar-refractivity contribution in [2.24, 2.45) is 11.8 Å². The zero-order chi connectivity index (χ0) is 24.5. The van der Waals surface area contributed by atoms with Gasteiger partial charge in [0.2, 0.25) is 0 Å². The molecule has 1 heterocycles. The van der Waals surface area contributed by atoms with Crippen LogP contribution in [0.2, 0.25) is 0 Å². The molecule has 2 saturated carbocycles. The zero-order valence-electron chi connectivity index (χ0n) is 20.8. The summed E-state index contributed by atoms with van der Waals surface area (Å²) in [5.74, 6) is 2.27. The Bertz CT molecular complexity index is 1150. The van der Waals surface area contributed by atoms with Crippen molar-refractivity contribution in [1.82, 2.24) is 4.98 Å². The fraction of sp³-hybridized carbons (Fsp3) is 0.400. The molecule has 1 amide bonds. The summed E-state index contributed by atoms with van der Waals surface area (Å²) < 4.78 is 11.4. The molecule has 1 unspecified atom stereocenters. The van der Waals surface area contributed by atoms with E-state index in [9.17, 15) is 4.79 Å². The van der Waals surface area contributed by atoms with E-state index in [0.717, 1.165) is 23.0 Å². The van der Waals surface area contributed by atoms with Crippen molar-refractivity contribution < 1.29 is 14.3 Å². The normalized spacial score (nSPS) is 23.2. The SMILES string of the molecule is CC(C)(C)OC(=O)Nc1ccc([C@]2(c3ccc(OCc4ccccn4)cc3)CC3CC[C@@H]2C3)cc1. The second kappa shape index (κ2) is 9.37. The van der Waals surface area contributed by atoms with Gasteiger partial charge in [-0.15, -0.1) is 0 Å². The molecule has 5 heteroatoms. The van der Waals surface area contributed by atoms with Gasteiger partial charge in [0, 0.05) is 17.3 Å². The van der Waals surface area contributed by atoms with Crippen LogP contribution in [0.15, 0.2) is 72.9 Å². The highest BCUT2D eigenvalue weighted by atomic mass is 16.6. The molecule has 2 fully saturated rings. The van der Waals surface area contributed by atoms with E-state index < -0.39 is 11.7 Å². The highest BCUT2D eigenvalue weighted by Gasteiger charge is 2.52. The highest BCUT2D eigenvalue weighted by Crippen LogP contribution is 2.60. The largest absolute Gasteiger partial charge is 0.487 e. The summed E-state index contributed by atoms with van der Waals surface area (Å²) in [7, 11) is 0. The number of ether oxygens (including phenoxy) is 2. The first-order valence-electron chi connectivity index (χ1n) is 12.6. The number of nitrogens with zero attached hydrogens (tertiary/aromatic N) is 1. The zero-order valence-corrected chi connectivity index (χ0v) is 20.8. The van der Waals surface area contributed by atoms with Gasteiger partial charge in [0.25, 0.3) is 0 Å². The van der Waals surface area contributed by atoms with Crippen molar-refractivity contribution in [2.75, 3.05) is 5.32 Å². The van der Waals surface area contributed by atoms with Crippen molar-refractivity contribution in [1.29, 1.82) is 0 Å². The van der Waals surface area contributed by atoms with Crippen LogP contribution in [0.25, 0.3) is 0 Å². The van der Waals surface area contributed by atoms with E-state index in [1.54, 1.807) is 6.20 Å². The molecule has 182 valence electrons. The maximum Gasteiger partial charge on any atom is 0.412 e. The van der Waals surface area contributed by atoms with Gasteiger partial charge in [-0.2, -0.15) is 0 Å². The summed E-state index contributed by atoms with van der Waals surface area (Å²) >= 11 is 0. The van der Waals surface area contributed by atoms with Crippen molar-refractivity contribution in [3.63, 3.8) is 0 Å². The average Bonchev–Trinajstić information content (AvgIpc) is 3.45. The second-order valence-corrected chi connectivity index (χ2v) is 10.9. The summed E-state index contributed by atoms with van der Waals surface area (Å²) in [5.41, 5.74) is 3.82. The fourth-order valence-electron chi connectivity index (χ4n) is 5.97. The Hall–Kier alpha value is -3.34. The van der Waals surface area contributed by atoms with Crippen LogP contribution in [-0.2, 0) is 16.8 Å². The summed E-state index contributed by atoms with van der Waals surface area (Å²) in [5, 5.41) is 2.85. The number of amides is 1. The van der Waals surface area contributed by atoms with Gasteiger partial charge in [0.05, 0.1) is 5.69 Å². The number of rotatable bonds is 6. The minimum Gasteiger partial charge on any atom is -0.487 e. The number of hydrogen-bond acceptors (Lipinski definition) is 4. The maximum absolute atomic E-state index is 12.2. The van der Waals surface area contributed by atoms with E-state index in [1.165, 1.54) is 36.8 Å². The van der Waals surface area contributed by atoms with Crippen molar-refractivity contribution in [3.05, 3.63) is 89.7 Å². The predicted octanol–water partition coefficient (Wildman–Crippen LogP) is 7.11. The van der Waals surface area contributed by atoms with Crippen LogP contribution in [0.5, 0.6) is 5.75 Å². The average molecular weight is 471 g/mol. The van der Waals surface area contributed by atoms with Crippen LogP contribution in [0, 0.1) is 11.8 Å². The van der Waals surface area contributed by atoms with Crippen LogP contribution < -0.4 is 10.1 Å². The molecule has 2 bridgehead atoms. The van der Waals surface area contributed by atoms with E-state index in [2.05, 4.69) is 46.7 Å². The minimum absolute atomic E-state index is 0.00683. The lowest BCUT2D eigenvalue weighted by Crippen LogP contribution is -2.34. The number of hydrogen-bond donors (Lipinski definition) is 1. The topological polar surface area (TPSA) is 60.5 Å². The molecule has 0 spiro atoms. The molecule has 5 nitrogen and oxygen atoms in total. The van der Waals surface area contributed by atoms with Crippen molar-refractivity contribution in [3.8, 4) is 5.75 Å². The Kier molecular flexibility index (Phi) is 6.26. The molecule has 3 aromatic rings. The summed E-state index contributed by atoms with van der Waals surface area (Å²) in [4.78, 5) is 16.5. The van der Waals surface area contributed by atoms with Gasteiger partial charge in [0.1, 0.15) is 18.0 Å². The number of pyridine rings is 1. The Labute approximate surface area is 207 Å². The van der Waals surface area contributed by atoms with Crippen LogP contribution >= 0.6 is 0 Å². The third-order valence-electron chi connectivity index (χ3n) is 7.38. The first-order chi connectivity index (χ1) is 16.8. The number of carbonyl (C=O) groups is 1. The molecule has 3 atom stereocenters. The van der Waals surface area contributed by atoms with Crippen molar-refractivity contribution >= 4 is 11.8 Å². The number of aromatic nitrogens is 1. The van der Waals surface area contributed by atoms with Crippen LogP contribution in [0.1, 0.15) is 63.3 Å². The molecule has 0 radical (unpaired) electrons. The summed E-state index contributed by atoms with van der Waals surface area (Å²) in [6, 6.07) is 22.9. The molecule has 2 aliphatic carbocycles. The van der Waals surface area contributed by atoms with E-state index in [-0.39, 0.29) is 5.41 Å². The molecule has 5 rings (SSSR count). The lowest BCUT2D eigenvalue weighted by atomic mass is 9.64. The quantitative estimate of drug-likeness (QED) is 0.417. The van der Waals surface area contributed by atoms with E-state index in [0.29, 0.717) is 12.5 Å². The van der Waals surface area contributed by atoms with Gasteiger partial charge in [-0.1, -0.05) is 36.8 Å². The van der Waals surface area contributed by atoms with Crippen LogP contribution in [-0.4, -0.2) is 16.7 Å². The highest BCUT2D eigenvalue weighted by molar-refractivity contribution is 5.84. The van der Waals surface area contributed by atoms with E-state index in [1.807, 2.05) is 51.1 Å². The Balaban J connectivity index is 1.35. The molecule has 35 heavy (non-hydrogen) atoms. The fourth-order valence-corrected chi connectivity index (χ4v) is 5.97. The molecule has 1 aromatic heterocycles. The van der Waals surface area contributed by atoms with Crippen LogP contribution in [0.4, 0.5) is 10.5 Å². The number of fused-ring (bicyclic) bond motifs is 2. The maximum atomic E-state index is 12.2. The third kappa shape index (κ3) is 5.04. The summed E-state index contributed by atoms with van der Waals surface area (Å²) in [6.45, 7) is 6.05. The monoisotopic (exact) mass is 470 g/mol. The third-order valence-corrected chi connectivity index (χ3v) is 7.38. The molecule has 2 aliphatic rings. The molecular formula is C30H34N2O3. The summed E-state index contributed by atoms with van der Waals surface area (Å²) in [6.07, 6.45) is 6.41. The van der Waals surface area contributed by atoms with Gasteiger partial charge in [-0.3, -0.25) is 10.3 Å². The Morgan fingerprint density at radius 3 is 2.29 bits per heavy atom. The smallest absolute Gasteiger partial charge is 0.412 e. The van der Waals surface area contributed by atoms with Gasteiger partial charge in [-0.05, 0) is 99.4 Å². The van der Waals surface area contributed by atoms with E-state index >= 15 is 0 Å². The lowest BCUT2D eigenvalue weighted by molar-refractivity contribution is 0.0636. The number of carbonyl (C=O) groups excluding carboxylic acids is 1. The Morgan fingerprint density at radius 1 is 1.00 bits per heavy atom. The Morgan fingerprint density at radius 2 is 1.71 bits per heavy atom. The van der Waals surface area contributed by atoms with Gasteiger partial charge in [0.15, 0.2) is 0 Å². The van der Waals surface area contributed by atoms with Gasteiger partial charge >= 0.3 is 6.09 Å². The standard InChI is InChI=1S/C30H34N2O3/c1-29(2,3)35-28(33)32-25-13-9-22(10-14-25)30(19-21-7-8-24(30)18-21)23-11-15-27(16-12-23)34-20-26-6-4-5-17-31-26/h4-6,9-17,21,24H,7-8,18-20H2,1-3H3,(H,32,33)/t21?,24-,30+/m1/s1. The second-order valence-electron chi connectivity index (χ2n) is 10.9. The predicted molar refractivity (Wildman–Crippen MR) is 138 cm³/mol. The number of nitrogens with one attached hydrogen (secondary N) is 1.